The molecular formula is C21H21ClKN6O8S2. The number of hydrogen-bond acceptors (Lipinski definition) is 8. The molecule has 0 aliphatic rings. The minimum Gasteiger partial charge on any atom is -0.397 e. The fraction of sp³-hybridized carbons (Fsp3) is 0.0952. The number of rotatable bonds is 6. The zero-order valence-electron chi connectivity index (χ0n) is 20.6. The van der Waals surface area contributed by atoms with Crippen LogP contribution in [0.3, 0.4) is 0 Å². The fourth-order valence-corrected chi connectivity index (χ4v) is 5.02. The van der Waals surface area contributed by atoms with E-state index in [-0.39, 0.29) is 97.5 Å². The third-order valence-corrected chi connectivity index (χ3v) is 7.06. The number of nitrogens with two attached hydrogens (primary N) is 1. The maximum absolute atomic E-state index is 12.9. The summed E-state index contributed by atoms with van der Waals surface area (Å²) in [5, 5.41) is 9.17. The topological polar surface area (TPSA) is 216 Å². The summed E-state index contributed by atoms with van der Waals surface area (Å²) in [6.07, 6.45) is 1.56. The molecule has 2 heterocycles. The molecule has 39 heavy (non-hydrogen) atoms. The van der Waals surface area contributed by atoms with Crippen molar-refractivity contribution < 1.29 is 35.5 Å². The van der Waals surface area contributed by atoms with Crippen molar-refractivity contribution in [1.82, 2.24) is 14.3 Å². The van der Waals surface area contributed by atoms with Gasteiger partial charge in [-0.25, -0.2) is 0 Å². The molecule has 203 valence electrons. The van der Waals surface area contributed by atoms with Crippen LogP contribution in [0.2, 0.25) is 0 Å². The first-order valence-electron chi connectivity index (χ1n) is 10.2. The maximum atomic E-state index is 12.9. The van der Waals surface area contributed by atoms with Gasteiger partial charge in [-0.3, -0.25) is 23.4 Å². The van der Waals surface area contributed by atoms with Crippen molar-refractivity contribution in [1.29, 1.82) is 0 Å². The Hall–Kier alpha value is -2.32. The quantitative estimate of drug-likeness (QED) is 0.154. The summed E-state index contributed by atoms with van der Waals surface area (Å²) in [7, 11) is -6.55. The van der Waals surface area contributed by atoms with Gasteiger partial charge >= 0.3 is 0 Å². The molecule has 18 heteroatoms. The Bertz CT molecular complexity index is 1820. The molecule has 0 spiro atoms. The molecule has 0 atom stereocenters. The molecule has 0 unspecified atom stereocenters. The van der Waals surface area contributed by atoms with E-state index in [2.05, 4.69) is 15.7 Å². The molecule has 2 aromatic heterocycles. The van der Waals surface area contributed by atoms with E-state index >= 15 is 0 Å². The Labute approximate surface area is 271 Å². The number of anilines is 3. The normalized spacial score (nSPS) is 11.4. The number of aromatic nitrogens is 3. The Morgan fingerprint density at radius 2 is 1.54 bits per heavy atom. The van der Waals surface area contributed by atoms with Crippen LogP contribution in [-0.4, -0.2) is 103 Å². The fourth-order valence-electron chi connectivity index (χ4n) is 3.67. The third kappa shape index (κ3) is 7.26. The van der Waals surface area contributed by atoms with Crippen LogP contribution in [0.15, 0.2) is 58.5 Å². The maximum Gasteiger partial charge on any atom is 0.295 e. The molecule has 0 fully saturated rings. The number of benzene rings is 2. The number of carbonyl (C=O) groups excluding carboxylic acids is 2. The number of hydrogen-bond donors (Lipinski definition) is 5. The Kier molecular flexibility index (Phi) is 10.2. The summed E-state index contributed by atoms with van der Waals surface area (Å²) in [6.45, 7) is 0. The van der Waals surface area contributed by atoms with Crippen LogP contribution in [-0.2, 0) is 34.3 Å². The summed E-state index contributed by atoms with van der Waals surface area (Å²) in [4.78, 5) is 23.9. The number of aryl methyl sites for hydroxylation is 2. The third-order valence-electron chi connectivity index (χ3n) is 5.34. The summed E-state index contributed by atoms with van der Waals surface area (Å²) in [5.74, 6) is -1.08. The van der Waals surface area contributed by atoms with Crippen LogP contribution in [0, 0.1) is 0 Å². The molecule has 2 amide bonds. The van der Waals surface area contributed by atoms with Gasteiger partial charge in [-0.15, -0.1) is 12.4 Å². The van der Waals surface area contributed by atoms with E-state index in [1.807, 2.05) is 0 Å². The van der Waals surface area contributed by atoms with Gasteiger partial charge in [0.1, 0.15) is 16.3 Å². The van der Waals surface area contributed by atoms with Crippen molar-refractivity contribution in [2.45, 2.75) is 9.79 Å². The van der Waals surface area contributed by atoms with E-state index in [1.54, 1.807) is 13.2 Å². The molecule has 0 saturated heterocycles. The molecule has 2 aromatic carbocycles. The van der Waals surface area contributed by atoms with Crippen molar-refractivity contribution in [2.24, 2.45) is 14.1 Å². The van der Waals surface area contributed by atoms with Crippen LogP contribution in [0.5, 0.6) is 0 Å². The van der Waals surface area contributed by atoms with Crippen molar-refractivity contribution in [2.75, 3.05) is 16.4 Å². The molecular weight excluding hydrogens is 603 g/mol. The summed E-state index contributed by atoms with van der Waals surface area (Å²) in [5.41, 5.74) is 6.51. The molecule has 6 N–H and O–H groups in total. The summed E-state index contributed by atoms with van der Waals surface area (Å²) < 4.78 is 68.4. The summed E-state index contributed by atoms with van der Waals surface area (Å²) in [6, 6.07) is 8.29. The van der Waals surface area contributed by atoms with Gasteiger partial charge < -0.3 is 20.9 Å². The first-order valence-corrected chi connectivity index (χ1v) is 13.1. The van der Waals surface area contributed by atoms with Crippen LogP contribution >= 0.6 is 12.4 Å². The molecule has 4 rings (SSSR count). The number of carbonyl (C=O) groups is 2. The van der Waals surface area contributed by atoms with Crippen molar-refractivity contribution in [3.63, 3.8) is 0 Å². The average Bonchev–Trinajstić information content (AvgIpc) is 3.32. The zero-order valence-corrected chi connectivity index (χ0v) is 26.2. The first-order chi connectivity index (χ1) is 17.1. The molecule has 0 bridgehead atoms. The monoisotopic (exact) mass is 623 g/mol. The predicted molar refractivity (Wildman–Crippen MR) is 146 cm³/mol. The Morgan fingerprint density at radius 1 is 0.897 bits per heavy atom. The number of fused-ring (bicyclic) bond motifs is 1. The Morgan fingerprint density at radius 3 is 2.10 bits per heavy atom. The number of amides is 2. The molecule has 4 aromatic rings. The second-order valence-electron chi connectivity index (χ2n) is 8.02. The SMILES string of the molecule is Cl.Cn1cc(N)cc1C(=O)Nc1cc(C(=O)Nc2ccc3cc(S(=O)(=O)O)cc(S(=O)(=O)O)c3c2)n(C)n1.[K]. The van der Waals surface area contributed by atoms with E-state index in [0.717, 1.165) is 6.07 Å². The zero-order chi connectivity index (χ0) is 27.3. The van der Waals surface area contributed by atoms with Gasteiger partial charge in [-0.2, -0.15) is 21.9 Å². The second-order valence-corrected chi connectivity index (χ2v) is 10.8. The smallest absolute Gasteiger partial charge is 0.295 e. The van der Waals surface area contributed by atoms with E-state index in [4.69, 9.17) is 5.73 Å². The number of halogens is 1. The predicted octanol–water partition coefficient (Wildman–Crippen LogP) is 1.53. The standard InChI is InChI=1S/C21H20N6O8S2.ClH.K/c1-26-10-12(22)6-16(26)20(28)24-19-9-17(27(2)25-19)21(29)23-13-4-3-11-5-14(36(30,31)32)8-18(15(11)7-13)37(33,34)35;;/h3-10H,22H2,1-2H3,(H,23,29)(H,24,25,28)(H,30,31,32)(H,33,34,35);1H;. The van der Waals surface area contributed by atoms with Crippen LogP contribution in [0.25, 0.3) is 10.8 Å². The van der Waals surface area contributed by atoms with Gasteiger partial charge in [0, 0.05) is 88.8 Å². The van der Waals surface area contributed by atoms with Gasteiger partial charge in [0.15, 0.2) is 5.82 Å². The average molecular weight is 624 g/mol. The Balaban J connectivity index is 0.00000267. The van der Waals surface area contributed by atoms with E-state index in [1.165, 1.54) is 46.6 Å². The minimum absolute atomic E-state index is 0. The van der Waals surface area contributed by atoms with E-state index in [0.29, 0.717) is 11.8 Å². The molecule has 0 aliphatic carbocycles. The molecule has 1 radical (unpaired) electrons. The van der Waals surface area contributed by atoms with Crippen LogP contribution < -0.4 is 16.4 Å². The minimum atomic E-state index is -4.90. The number of nitrogens with one attached hydrogen (secondary N) is 2. The van der Waals surface area contributed by atoms with Crippen LogP contribution in [0.4, 0.5) is 17.2 Å². The van der Waals surface area contributed by atoms with E-state index < -0.39 is 41.8 Å². The number of nitrogen functional groups attached to an aromatic ring is 1. The van der Waals surface area contributed by atoms with Crippen molar-refractivity contribution in [3.8, 4) is 0 Å². The van der Waals surface area contributed by atoms with Gasteiger partial charge in [-0.05, 0) is 35.7 Å². The van der Waals surface area contributed by atoms with Crippen molar-refractivity contribution in [3.05, 3.63) is 60.0 Å². The van der Waals surface area contributed by atoms with Gasteiger partial charge in [-0.1, -0.05) is 6.07 Å². The van der Waals surface area contributed by atoms with Crippen LogP contribution in [0.1, 0.15) is 21.0 Å². The molecule has 14 nitrogen and oxygen atoms in total. The van der Waals surface area contributed by atoms with Gasteiger partial charge in [0.2, 0.25) is 0 Å². The largest absolute Gasteiger partial charge is 0.397 e. The molecule has 0 aliphatic heterocycles. The first kappa shape index (κ1) is 32.9. The molecule has 0 saturated carbocycles. The van der Waals surface area contributed by atoms with Crippen molar-refractivity contribution >= 4 is 124 Å². The van der Waals surface area contributed by atoms with Gasteiger partial charge in [0.25, 0.3) is 32.1 Å². The number of nitrogens with zero attached hydrogens (tertiary/aromatic N) is 3. The summed E-state index contributed by atoms with van der Waals surface area (Å²) >= 11 is 0. The van der Waals surface area contributed by atoms with E-state index in [9.17, 15) is 35.5 Å². The van der Waals surface area contributed by atoms with Gasteiger partial charge in [0.05, 0.1) is 10.6 Å². The second kappa shape index (κ2) is 12.0.